The van der Waals surface area contributed by atoms with Crippen LogP contribution in [0.25, 0.3) is 10.9 Å². The fourth-order valence-electron chi connectivity index (χ4n) is 3.49. The van der Waals surface area contributed by atoms with E-state index in [0.717, 1.165) is 24.0 Å². The first-order valence-corrected chi connectivity index (χ1v) is 11.6. The van der Waals surface area contributed by atoms with Gasteiger partial charge in [-0.15, -0.1) is 0 Å². The Morgan fingerprint density at radius 3 is 2.45 bits per heavy atom. The Morgan fingerprint density at radius 2 is 1.82 bits per heavy atom. The van der Waals surface area contributed by atoms with Crippen LogP contribution in [0.1, 0.15) is 16.1 Å². The highest BCUT2D eigenvalue weighted by atomic mass is 35.5. The van der Waals surface area contributed by atoms with Gasteiger partial charge in [0.1, 0.15) is 17.3 Å². The lowest BCUT2D eigenvalue weighted by molar-refractivity contribution is -0.904. The van der Waals surface area contributed by atoms with Gasteiger partial charge in [-0.05, 0) is 35.9 Å². The molecule has 0 saturated carbocycles. The van der Waals surface area contributed by atoms with Gasteiger partial charge in [-0.25, -0.2) is 8.78 Å². The van der Waals surface area contributed by atoms with E-state index in [1.165, 1.54) is 18.5 Å². The predicted molar refractivity (Wildman–Crippen MR) is 119 cm³/mol. The topological polar surface area (TPSA) is 95.3 Å². The monoisotopic (exact) mass is 492 g/mol. The summed E-state index contributed by atoms with van der Waals surface area (Å²) in [5.74, 6) is -2.49. The number of amides is 1. The molecule has 0 saturated heterocycles. The number of hydrogen-bond acceptors (Lipinski definition) is 4. The Hall–Kier alpha value is -3.26. The lowest BCUT2D eigenvalue weighted by Crippen LogP contribution is -2.31. The Bertz CT molecular complexity index is 1390. The molecular formula is C22H18ClF2N3O4P+. The van der Waals surface area contributed by atoms with Crippen molar-refractivity contribution in [3.8, 4) is 0 Å². The third kappa shape index (κ3) is 4.48. The average Bonchev–Trinajstić information content (AvgIpc) is 3.16. The molecule has 11 heteroatoms. The normalized spacial score (nSPS) is 13.1. The summed E-state index contributed by atoms with van der Waals surface area (Å²) in [5, 5.41) is 12.4. The van der Waals surface area contributed by atoms with Crippen LogP contribution in [0, 0.1) is 11.6 Å². The van der Waals surface area contributed by atoms with Crippen molar-refractivity contribution >= 4 is 46.4 Å². The Balaban J connectivity index is 1.84. The van der Waals surface area contributed by atoms with E-state index in [1.807, 2.05) is 0 Å². The van der Waals surface area contributed by atoms with Crippen LogP contribution in [0.4, 0.5) is 8.78 Å². The van der Waals surface area contributed by atoms with E-state index in [-0.39, 0.29) is 22.8 Å². The molecule has 0 aliphatic rings. The summed E-state index contributed by atoms with van der Waals surface area (Å²) in [6, 6.07) is 10.3. The molecule has 0 aliphatic heterocycles. The van der Waals surface area contributed by atoms with E-state index >= 15 is 0 Å². The first kappa shape index (κ1) is 22.9. The summed E-state index contributed by atoms with van der Waals surface area (Å²) >= 11 is 6.14. The molecule has 7 nitrogen and oxygen atoms in total. The Morgan fingerprint density at radius 1 is 1.15 bits per heavy atom. The number of fused-ring (bicyclic) bond motifs is 1. The van der Waals surface area contributed by atoms with Crippen LogP contribution in [0.3, 0.4) is 0 Å². The second kappa shape index (κ2) is 8.94. The van der Waals surface area contributed by atoms with Gasteiger partial charge in [0.25, 0.3) is 13.3 Å². The number of pyridine rings is 1. The molecule has 1 unspecified atom stereocenters. The van der Waals surface area contributed by atoms with Crippen LogP contribution in [0.2, 0.25) is 5.02 Å². The fourth-order valence-corrected chi connectivity index (χ4v) is 5.86. The third-order valence-corrected chi connectivity index (χ3v) is 7.78. The fraction of sp³-hybridized carbons (Fsp3) is 0.0909. The van der Waals surface area contributed by atoms with Crippen LogP contribution in [-0.2, 0) is 15.6 Å². The number of aromatic nitrogens is 2. The number of halogens is 3. The zero-order chi connectivity index (χ0) is 23.8. The van der Waals surface area contributed by atoms with E-state index in [4.69, 9.17) is 16.1 Å². The van der Waals surface area contributed by atoms with Crippen molar-refractivity contribution in [2.24, 2.45) is 0 Å². The first-order chi connectivity index (χ1) is 15.7. The van der Waals surface area contributed by atoms with Gasteiger partial charge in [0, 0.05) is 57.8 Å². The molecule has 2 aromatic carbocycles. The van der Waals surface area contributed by atoms with Crippen LogP contribution < -0.4 is 20.7 Å². The summed E-state index contributed by atoms with van der Waals surface area (Å²) in [6.45, 7) is 0.0983. The summed E-state index contributed by atoms with van der Waals surface area (Å²) in [5.41, 5.74) is 1.04. The second-order valence-electron chi connectivity index (χ2n) is 7.17. The minimum Gasteiger partial charge on any atom is -0.350 e. The lowest BCUT2D eigenvalue weighted by Gasteiger charge is -2.18. The third-order valence-electron chi connectivity index (χ3n) is 5.03. The molecule has 0 bridgehead atoms. The van der Waals surface area contributed by atoms with E-state index in [0.29, 0.717) is 27.6 Å². The van der Waals surface area contributed by atoms with Crippen LogP contribution in [0.5, 0.6) is 0 Å². The maximum absolute atomic E-state index is 14.1. The first-order valence-electron chi connectivity index (χ1n) is 9.63. The highest BCUT2D eigenvalue weighted by Crippen LogP contribution is 2.47. The molecule has 2 heterocycles. The molecule has 0 fully saturated rings. The Kier molecular flexibility index (Phi) is 6.21. The van der Waals surface area contributed by atoms with Crippen molar-refractivity contribution in [3.63, 3.8) is 0 Å². The molecule has 2 aromatic heterocycles. The molecule has 1 amide bonds. The van der Waals surface area contributed by atoms with Crippen molar-refractivity contribution in [1.82, 2.24) is 10.3 Å². The number of aromatic amines is 1. The summed E-state index contributed by atoms with van der Waals surface area (Å²) < 4.78 is 48.2. The molecule has 1 atom stereocenters. The summed E-state index contributed by atoms with van der Waals surface area (Å²) in [6.07, 6.45) is 2.80. The summed E-state index contributed by atoms with van der Waals surface area (Å²) in [7, 11) is -3.00. The SMILES string of the molecule is COP(=O)(c1cc(F)cc(F)c1)c1c(C(=O)NCc2cc[n+](O)cc2)[nH]c2ccc(Cl)cc12. The number of nitrogens with one attached hydrogen (secondary N) is 2. The van der Waals surface area contributed by atoms with Crippen molar-refractivity contribution < 1.29 is 32.6 Å². The number of hydrogen-bond donors (Lipinski definition) is 3. The smallest absolute Gasteiger partial charge is 0.268 e. The molecule has 4 rings (SSSR count). The van der Waals surface area contributed by atoms with Crippen molar-refractivity contribution in [2.45, 2.75) is 6.54 Å². The number of carbonyl (C=O) groups is 1. The van der Waals surface area contributed by atoms with Gasteiger partial charge >= 0.3 is 0 Å². The number of rotatable bonds is 6. The van der Waals surface area contributed by atoms with Gasteiger partial charge in [-0.3, -0.25) is 14.6 Å². The number of benzene rings is 2. The minimum absolute atomic E-state index is 0.0498. The molecule has 4 aromatic rings. The van der Waals surface area contributed by atoms with Gasteiger partial charge < -0.3 is 14.8 Å². The minimum atomic E-state index is -4.14. The van der Waals surface area contributed by atoms with Crippen molar-refractivity contribution in [3.05, 3.63) is 88.8 Å². The Labute approximate surface area is 192 Å². The van der Waals surface area contributed by atoms with E-state index in [1.54, 1.807) is 24.3 Å². The number of carbonyl (C=O) groups excluding carboxylic acids is 1. The maximum Gasteiger partial charge on any atom is 0.268 e. The second-order valence-corrected chi connectivity index (χ2v) is 10.0. The predicted octanol–water partition coefficient (Wildman–Crippen LogP) is 3.43. The van der Waals surface area contributed by atoms with E-state index < -0.39 is 24.9 Å². The zero-order valence-electron chi connectivity index (χ0n) is 17.2. The molecular weight excluding hydrogens is 475 g/mol. The molecule has 0 spiro atoms. The average molecular weight is 493 g/mol. The van der Waals surface area contributed by atoms with Gasteiger partial charge in [0.15, 0.2) is 0 Å². The van der Waals surface area contributed by atoms with Gasteiger partial charge in [-0.1, -0.05) is 11.6 Å². The van der Waals surface area contributed by atoms with Gasteiger partial charge in [-0.2, -0.15) is 0 Å². The maximum atomic E-state index is 14.1. The largest absolute Gasteiger partial charge is 0.350 e. The highest BCUT2D eigenvalue weighted by Gasteiger charge is 2.36. The van der Waals surface area contributed by atoms with Gasteiger partial charge in [0.05, 0.1) is 5.30 Å². The molecule has 3 N–H and O–H groups in total. The van der Waals surface area contributed by atoms with E-state index in [9.17, 15) is 23.3 Å². The van der Waals surface area contributed by atoms with E-state index in [2.05, 4.69) is 10.3 Å². The molecule has 0 radical (unpaired) electrons. The van der Waals surface area contributed by atoms with Crippen LogP contribution in [-0.4, -0.2) is 23.2 Å². The lowest BCUT2D eigenvalue weighted by atomic mass is 10.2. The van der Waals surface area contributed by atoms with Crippen LogP contribution in [0.15, 0.2) is 60.9 Å². The molecule has 170 valence electrons. The van der Waals surface area contributed by atoms with Crippen LogP contribution >= 0.6 is 19.0 Å². The number of H-pyrrole nitrogens is 1. The standard InChI is InChI=1S/C22H17ClF2N3O4P/c1-32-33(31,17-10-15(24)9-16(25)11-17)21-18-8-14(23)2-3-19(18)27-20(21)22(29)26-12-13-4-6-28(30)7-5-13/h2-11H,12H2,1H3,(H2-,26,27,29,30,31)/p+1. The summed E-state index contributed by atoms with van der Waals surface area (Å²) in [4.78, 5) is 16.1. The van der Waals surface area contributed by atoms with Crippen molar-refractivity contribution in [1.29, 1.82) is 0 Å². The van der Waals surface area contributed by atoms with Gasteiger partial charge in [0.2, 0.25) is 12.4 Å². The quantitative estimate of drug-likeness (QED) is 0.218. The molecule has 0 aliphatic carbocycles. The van der Waals surface area contributed by atoms with Crippen molar-refractivity contribution in [2.75, 3.05) is 7.11 Å². The zero-order valence-corrected chi connectivity index (χ0v) is 18.8. The number of nitrogens with zero attached hydrogens (tertiary/aromatic N) is 1. The molecule has 33 heavy (non-hydrogen) atoms. The highest BCUT2D eigenvalue weighted by molar-refractivity contribution is 7.75.